The van der Waals surface area contributed by atoms with Crippen LogP contribution >= 0.6 is 0 Å². The minimum absolute atomic E-state index is 0.515. The van der Waals surface area contributed by atoms with Gasteiger partial charge in [-0.3, -0.25) is 0 Å². The van der Waals surface area contributed by atoms with Gasteiger partial charge in [0, 0.05) is 6.04 Å². The van der Waals surface area contributed by atoms with E-state index in [1.54, 1.807) is 0 Å². The van der Waals surface area contributed by atoms with E-state index in [-0.39, 0.29) is 0 Å². The number of aryl methyl sites for hydroxylation is 2. The summed E-state index contributed by atoms with van der Waals surface area (Å²) in [5.41, 5.74) is 4.37. The van der Waals surface area contributed by atoms with E-state index in [1.165, 1.54) is 36.0 Å². The van der Waals surface area contributed by atoms with Crippen LogP contribution in [0.3, 0.4) is 0 Å². The molecule has 0 heterocycles. The van der Waals surface area contributed by atoms with Gasteiger partial charge in [-0.25, -0.2) is 0 Å². The minimum Gasteiger partial charge on any atom is -0.310 e. The van der Waals surface area contributed by atoms with Crippen LogP contribution < -0.4 is 5.32 Å². The summed E-state index contributed by atoms with van der Waals surface area (Å²) in [7, 11) is 0. The van der Waals surface area contributed by atoms with E-state index >= 15 is 0 Å². The molecule has 0 spiro atoms. The van der Waals surface area contributed by atoms with Crippen LogP contribution in [0, 0.1) is 19.8 Å². The Hall–Kier alpha value is -0.820. The van der Waals surface area contributed by atoms with Crippen molar-refractivity contribution in [2.45, 2.75) is 59.9 Å². The third-order valence-electron chi connectivity index (χ3n) is 4.06. The molecule has 1 atom stereocenters. The average Bonchev–Trinajstić information content (AvgIpc) is 2.35. The second kappa shape index (κ2) is 7.58. The van der Waals surface area contributed by atoms with Crippen molar-refractivity contribution in [3.05, 3.63) is 34.9 Å². The van der Waals surface area contributed by atoms with E-state index in [4.69, 9.17) is 0 Å². The summed E-state index contributed by atoms with van der Waals surface area (Å²) in [5, 5.41) is 3.68. The Morgan fingerprint density at radius 2 is 1.56 bits per heavy atom. The van der Waals surface area contributed by atoms with Crippen LogP contribution in [0.25, 0.3) is 0 Å². The molecule has 0 radical (unpaired) electrons. The molecule has 0 fully saturated rings. The molecular weight excluding hydrogens is 218 g/mol. The topological polar surface area (TPSA) is 12.0 Å². The maximum atomic E-state index is 3.68. The Morgan fingerprint density at radius 1 is 1.00 bits per heavy atom. The maximum absolute atomic E-state index is 3.68. The van der Waals surface area contributed by atoms with E-state index in [9.17, 15) is 0 Å². The fourth-order valence-corrected chi connectivity index (χ4v) is 2.88. The van der Waals surface area contributed by atoms with Crippen LogP contribution in [0.15, 0.2) is 18.2 Å². The quantitative estimate of drug-likeness (QED) is 0.731. The highest BCUT2D eigenvalue weighted by atomic mass is 14.9. The molecule has 0 aliphatic rings. The first-order valence-corrected chi connectivity index (χ1v) is 7.43. The number of hydrogen-bond donors (Lipinski definition) is 1. The summed E-state index contributed by atoms with van der Waals surface area (Å²) in [6.07, 6.45) is 3.82. The lowest BCUT2D eigenvalue weighted by Crippen LogP contribution is -2.25. The first-order chi connectivity index (χ1) is 8.63. The van der Waals surface area contributed by atoms with E-state index < -0.39 is 0 Å². The molecule has 1 rings (SSSR count). The summed E-state index contributed by atoms with van der Waals surface area (Å²) < 4.78 is 0. The molecule has 0 saturated heterocycles. The third-order valence-corrected chi connectivity index (χ3v) is 4.06. The summed E-state index contributed by atoms with van der Waals surface area (Å²) in [6, 6.07) is 7.15. The van der Waals surface area contributed by atoms with E-state index in [1.807, 2.05) is 0 Å². The second-order valence-corrected chi connectivity index (χ2v) is 5.33. The zero-order valence-corrected chi connectivity index (χ0v) is 12.7. The normalized spacial score (nSPS) is 13.0. The van der Waals surface area contributed by atoms with Crippen LogP contribution in [0.1, 0.15) is 62.8 Å². The lowest BCUT2D eigenvalue weighted by molar-refractivity contribution is 0.374. The molecule has 1 aromatic rings. The van der Waals surface area contributed by atoms with Gasteiger partial charge in [0.05, 0.1) is 0 Å². The zero-order valence-electron chi connectivity index (χ0n) is 12.7. The van der Waals surface area contributed by atoms with Gasteiger partial charge in [0.15, 0.2) is 0 Å². The highest BCUT2D eigenvalue weighted by Gasteiger charge is 2.18. The molecule has 1 nitrogen and oxygen atoms in total. The van der Waals surface area contributed by atoms with Gasteiger partial charge in [-0.15, -0.1) is 0 Å². The molecule has 1 aromatic carbocycles. The van der Waals surface area contributed by atoms with Crippen LogP contribution in [-0.4, -0.2) is 6.54 Å². The first-order valence-electron chi connectivity index (χ1n) is 7.43. The summed E-state index contributed by atoms with van der Waals surface area (Å²) in [5.74, 6) is 0.827. The van der Waals surface area contributed by atoms with Gasteiger partial charge < -0.3 is 5.32 Å². The maximum Gasteiger partial charge on any atom is 0.0328 e. The smallest absolute Gasteiger partial charge is 0.0328 e. The number of hydrogen-bond acceptors (Lipinski definition) is 1. The Kier molecular flexibility index (Phi) is 6.42. The fraction of sp³-hybridized carbons (Fsp3) is 0.647. The van der Waals surface area contributed by atoms with Crippen molar-refractivity contribution >= 4 is 0 Å². The van der Waals surface area contributed by atoms with Gasteiger partial charge in [-0.05, 0) is 49.4 Å². The molecule has 1 N–H and O–H groups in total. The average molecular weight is 247 g/mol. The Labute approximate surface area is 113 Å². The van der Waals surface area contributed by atoms with Crippen LogP contribution in [0.2, 0.25) is 0 Å². The lowest BCUT2D eigenvalue weighted by Gasteiger charge is -2.26. The fourth-order valence-electron chi connectivity index (χ4n) is 2.88. The second-order valence-electron chi connectivity index (χ2n) is 5.33. The highest BCUT2D eigenvalue weighted by molar-refractivity contribution is 5.36. The SMILES string of the molecule is CCNC(CC(CC)CC)c1c(C)cccc1C. The molecule has 0 aliphatic carbocycles. The van der Waals surface area contributed by atoms with Crippen LogP contribution in [0.4, 0.5) is 0 Å². The molecule has 0 amide bonds. The largest absolute Gasteiger partial charge is 0.310 e. The predicted octanol–water partition coefficient (Wildman–Crippen LogP) is 4.78. The Bertz CT molecular complexity index is 332. The van der Waals surface area contributed by atoms with Gasteiger partial charge in [0.2, 0.25) is 0 Å². The molecule has 0 saturated carbocycles. The molecule has 0 aliphatic heterocycles. The van der Waals surface area contributed by atoms with Crippen molar-refractivity contribution in [1.29, 1.82) is 0 Å². The van der Waals surface area contributed by atoms with Crippen molar-refractivity contribution in [2.75, 3.05) is 6.54 Å². The van der Waals surface area contributed by atoms with Gasteiger partial charge in [-0.1, -0.05) is 51.8 Å². The standard InChI is InChI=1S/C17H29N/c1-6-15(7-2)12-16(18-8-3)17-13(4)10-9-11-14(17)5/h9-11,15-16,18H,6-8,12H2,1-5H3. The van der Waals surface area contributed by atoms with Gasteiger partial charge in [-0.2, -0.15) is 0 Å². The molecule has 1 unspecified atom stereocenters. The molecule has 0 bridgehead atoms. The molecule has 18 heavy (non-hydrogen) atoms. The minimum atomic E-state index is 0.515. The molecule has 0 aromatic heterocycles. The van der Waals surface area contributed by atoms with Crippen molar-refractivity contribution in [2.24, 2.45) is 5.92 Å². The van der Waals surface area contributed by atoms with Gasteiger partial charge in [0.1, 0.15) is 0 Å². The van der Waals surface area contributed by atoms with Crippen molar-refractivity contribution in [3.8, 4) is 0 Å². The lowest BCUT2D eigenvalue weighted by atomic mass is 9.87. The van der Waals surface area contributed by atoms with Crippen LogP contribution in [-0.2, 0) is 0 Å². The van der Waals surface area contributed by atoms with E-state index in [0.29, 0.717) is 6.04 Å². The van der Waals surface area contributed by atoms with Crippen molar-refractivity contribution < 1.29 is 0 Å². The molecule has 1 heteroatoms. The predicted molar refractivity (Wildman–Crippen MR) is 81.0 cm³/mol. The Morgan fingerprint density at radius 3 is 2.00 bits per heavy atom. The summed E-state index contributed by atoms with van der Waals surface area (Å²) in [6.45, 7) is 12.3. The van der Waals surface area contributed by atoms with Crippen LogP contribution in [0.5, 0.6) is 0 Å². The third kappa shape index (κ3) is 3.84. The number of nitrogens with one attached hydrogen (secondary N) is 1. The molecule has 102 valence electrons. The van der Waals surface area contributed by atoms with E-state index in [2.05, 4.69) is 58.1 Å². The van der Waals surface area contributed by atoms with Gasteiger partial charge >= 0.3 is 0 Å². The van der Waals surface area contributed by atoms with Crippen molar-refractivity contribution in [1.82, 2.24) is 5.32 Å². The summed E-state index contributed by atoms with van der Waals surface area (Å²) in [4.78, 5) is 0. The van der Waals surface area contributed by atoms with Gasteiger partial charge in [0.25, 0.3) is 0 Å². The first kappa shape index (κ1) is 15.2. The number of rotatable bonds is 7. The monoisotopic (exact) mass is 247 g/mol. The van der Waals surface area contributed by atoms with Crippen molar-refractivity contribution in [3.63, 3.8) is 0 Å². The van der Waals surface area contributed by atoms with E-state index in [0.717, 1.165) is 12.5 Å². The summed E-state index contributed by atoms with van der Waals surface area (Å²) >= 11 is 0. The number of benzene rings is 1. The zero-order chi connectivity index (χ0) is 13.5. The Balaban J connectivity index is 2.96. The molecular formula is C17H29N. The highest BCUT2D eigenvalue weighted by Crippen LogP contribution is 2.29.